The molecule has 1 amide bonds. The number of hydrogen-bond acceptors (Lipinski definition) is 6. The summed E-state index contributed by atoms with van der Waals surface area (Å²) >= 11 is 6.09. The molecule has 2 aromatic heterocycles. The lowest BCUT2D eigenvalue weighted by molar-refractivity contribution is -0.119. The highest BCUT2D eigenvalue weighted by atomic mass is 35.5. The maximum Gasteiger partial charge on any atom is 0.255 e. The van der Waals surface area contributed by atoms with Crippen molar-refractivity contribution in [3.05, 3.63) is 47.3 Å². The van der Waals surface area contributed by atoms with Crippen LogP contribution in [-0.2, 0) is 11.3 Å². The van der Waals surface area contributed by atoms with Crippen molar-refractivity contribution in [1.29, 1.82) is 0 Å². The number of halogens is 1. The molecule has 0 aliphatic carbocycles. The molecule has 0 aliphatic heterocycles. The van der Waals surface area contributed by atoms with E-state index in [1.54, 1.807) is 37.5 Å². The van der Waals surface area contributed by atoms with Crippen molar-refractivity contribution in [3.8, 4) is 17.1 Å². The van der Waals surface area contributed by atoms with E-state index in [1.807, 2.05) is 4.57 Å². The van der Waals surface area contributed by atoms with Gasteiger partial charge in [-0.25, -0.2) is 4.98 Å². The summed E-state index contributed by atoms with van der Waals surface area (Å²) in [6.45, 7) is 1.85. The number of hydrogen-bond donors (Lipinski definition) is 1. The largest absolute Gasteiger partial charge is 0.483 e. The molecule has 1 aromatic carbocycles. The topological polar surface area (TPSA) is 109 Å². The summed E-state index contributed by atoms with van der Waals surface area (Å²) < 4.78 is 12.3. The normalized spacial score (nSPS) is 10.8. The number of carbonyl (C=O) groups excluding carboxylic acids is 1. The van der Waals surface area contributed by atoms with E-state index in [0.29, 0.717) is 40.4 Å². The molecule has 0 bridgehead atoms. The second kappa shape index (κ2) is 6.71. The van der Waals surface area contributed by atoms with Crippen molar-refractivity contribution in [1.82, 2.24) is 19.7 Å². The highest BCUT2D eigenvalue weighted by Gasteiger charge is 2.15. The lowest BCUT2D eigenvalue weighted by atomic mass is 10.2. The second-order valence-corrected chi connectivity index (χ2v) is 5.44. The van der Waals surface area contributed by atoms with Crippen LogP contribution in [-0.4, -0.2) is 32.2 Å². The minimum atomic E-state index is -0.568. The number of carbonyl (C=O) groups is 1. The number of ether oxygens (including phenoxy) is 1. The Morgan fingerprint density at radius 2 is 2.29 bits per heavy atom. The Hall–Kier alpha value is -2.87. The van der Waals surface area contributed by atoms with E-state index in [2.05, 4.69) is 15.1 Å². The molecule has 8 nitrogen and oxygen atoms in total. The van der Waals surface area contributed by atoms with Crippen LogP contribution in [0.25, 0.3) is 11.4 Å². The molecule has 0 saturated heterocycles. The molecular formula is C15H14ClN5O3. The van der Waals surface area contributed by atoms with Gasteiger partial charge in [-0.3, -0.25) is 4.79 Å². The number of aromatic nitrogens is 4. The highest BCUT2D eigenvalue weighted by Crippen LogP contribution is 2.32. The van der Waals surface area contributed by atoms with E-state index in [9.17, 15) is 4.79 Å². The zero-order chi connectivity index (χ0) is 17.1. The fraction of sp³-hybridized carbons (Fsp3) is 0.200. The molecule has 3 aromatic rings. The Morgan fingerprint density at radius 1 is 1.46 bits per heavy atom. The molecule has 24 heavy (non-hydrogen) atoms. The quantitative estimate of drug-likeness (QED) is 0.728. The minimum Gasteiger partial charge on any atom is -0.483 e. The number of nitrogens with zero attached hydrogens (tertiary/aromatic N) is 4. The summed E-state index contributed by atoms with van der Waals surface area (Å²) in [7, 11) is 0. The van der Waals surface area contributed by atoms with Gasteiger partial charge < -0.3 is 19.6 Å². The molecule has 124 valence electrons. The second-order valence-electron chi connectivity index (χ2n) is 5.00. The molecule has 2 heterocycles. The van der Waals surface area contributed by atoms with Gasteiger partial charge >= 0.3 is 0 Å². The summed E-state index contributed by atoms with van der Waals surface area (Å²) in [5, 5.41) is 4.39. The third-order valence-corrected chi connectivity index (χ3v) is 3.38. The Balaban J connectivity index is 1.95. The van der Waals surface area contributed by atoms with Crippen LogP contribution in [0.2, 0.25) is 5.02 Å². The van der Waals surface area contributed by atoms with Gasteiger partial charge in [-0.2, -0.15) is 4.98 Å². The zero-order valence-electron chi connectivity index (χ0n) is 12.8. The number of nitrogens with two attached hydrogens (primary N) is 1. The van der Waals surface area contributed by atoms with Gasteiger partial charge in [0.25, 0.3) is 5.91 Å². The molecular weight excluding hydrogens is 334 g/mol. The van der Waals surface area contributed by atoms with Gasteiger partial charge in [-0.05, 0) is 18.2 Å². The number of imidazole rings is 1. The van der Waals surface area contributed by atoms with Crippen molar-refractivity contribution < 1.29 is 14.1 Å². The maximum atomic E-state index is 11.0. The van der Waals surface area contributed by atoms with Crippen LogP contribution in [0.1, 0.15) is 11.7 Å². The fourth-order valence-corrected chi connectivity index (χ4v) is 2.36. The van der Waals surface area contributed by atoms with Gasteiger partial charge in [0, 0.05) is 24.3 Å². The number of aryl methyl sites for hydroxylation is 1. The molecule has 0 radical (unpaired) electrons. The number of rotatable bonds is 6. The van der Waals surface area contributed by atoms with Crippen LogP contribution >= 0.6 is 11.6 Å². The Kier molecular flexibility index (Phi) is 4.48. The van der Waals surface area contributed by atoms with Gasteiger partial charge in [0.15, 0.2) is 12.4 Å². The number of benzene rings is 1. The van der Waals surface area contributed by atoms with Gasteiger partial charge in [0.05, 0.1) is 12.1 Å². The highest BCUT2D eigenvalue weighted by molar-refractivity contribution is 6.30. The lowest BCUT2D eigenvalue weighted by Gasteiger charge is -2.12. The number of amides is 1. The third kappa shape index (κ3) is 3.54. The van der Waals surface area contributed by atoms with E-state index < -0.39 is 5.91 Å². The summed E-state index contributed by atoms with van der Waals surface area (Å²) in [5.74, 6) is 1.49. The molecule has 0 aliphatic rings. The Labute approximate surface area is 142 Å². The van der Waals surface area contributed by atoms with Gasteiger partial charge in [0.1, 0.15) is 11.6 Å². The zero-order valence-corrected chi connectivity index (χ0v) is 13.5. The van der Waals surface area contributed by atoms with Crippen LogP contribution in [0.5, 0.6) is 5.75 Å². The average molecular weight is 348 g/mol. The molecule has 0 fully saturated rings. The predicted molar refractivity (Wildman–Crippen MR) is 85.5 cm³/mol. The predicted octanol–water partition coefficient (Wildman–Crippen LogP) is 1.81. The van der Waals surface area contributed by atoms with Crippen molar-refractivity contribution >= 4 is 17.5 Å². The van der Waals surface area contributed by atoms with Crippen LogP contribution in [0.3, 0.4) is 0 Å². The van der Waals surface area contributed by atoms with Gasteiger partial charge in [-0.15, -0.1) is 0 Å². The molecule has 9 heteroatoms. The maximum absolute atomic E-state index is 11.0. The van der Waals surface area contributed by atoms with Crippen molar-refractivity contribution in [3.63, 3.8) is 0 Å². The van der Waals surface area contributed by atoms with E-state index in [-0.39, 0.29) is 6.61 Å². The Bertz CT molecular complexity index is 874. The van der Waals surface area contributed by atoms with Gasteiger partial charge in [-0.1, -0.05) is 16.8 Å². The lowest BCUT2D eigenvalue weighted by Crippen LogP contribution is -2.20. The number of primary amides is 1. The van der Waals surface area contributed by atoms with E-state index in [1.165, 1.54) is 0 Å². The van der Waals surface area contributed by atoms with Crippen molar-refractivity contribution in [2.24, 2.45) is 5.73 Å². The van der Waals surface area contributed by atoms with E-state index in [0.717, 1.165) is 0 Å². The molecule has 0 unspecified atom stereocenters. The van der Waals surface area contributed by atoms with Gasteiger partial charge in [0.2, 0.25) is 5.89 Å². The fourth-order valence-electron chi connectivity index (χ4n) is 2.19. The van der Waals surface area contributed by atoms with E-state index in [4.69, 9.17) is 26.6 Å². The standard InChI is InChI=1S/C15H14ClN5O3/c1-9-19-14(20-24-9)7-21-5-4-18-15(21)11-6-10(16)2-3-12(11)23-8-13(17)22/h2-6H,7-8H2,1H3,(H2,17,22). The summed E-state index contributed by atoms with van der Waals surface area (Å²) in [5.41, 5.74) is 5.77. The first kappa shape index (κ1) is 16.0. The van der Waals surface area contributed by atoms with Crippen molar-refractivity contribution in [2.45, 2.75) is 13.5 Å². The monoisotopic (exact) mass is 347 g/mol. The minimum absolute atomic E-state index is 0.237. The molecule has 0 atom stereocenters. The third-order valence-electron chi connectivity index (χ3n) is 3.15. The van der Waals surface area contributed by atoms with Crippen LogP contribution in [0.15, 0.2) is 35.1 Å². The molecule has 2 N–H and O–H groups in total. The van der Waals surface area contributed by atoms with Crippen molar-refractivity contribution in [2.75, 3.05) is 6.61 Å². The molecule has 3 rings (SSSR count). The summed E-state index contributed by atoms with van der Waals surface area (Å²) in [6, 6.07) is 5.04. The summed E-state index contributed by atoms with van der Waals surface area (Å²) in [4.78, 5) is 19.5. The Morgan fingerprint density at radius 3 is 3.00 bits per heavy atom. The SMILES string of the molecule is Cc1nc(Cn2ccnc2-c2cc(Cl)ccc2OCC(N)=O)no1. The molecule has 0 saturated carbocycles. The first-order valence-corrected chi connectivity index (χ1v) is 7.42. The summed E-state index contributed by atoms with van der Waals surface area (Å²) in [6.07, 6.45) is 3.42. The van der Waals surface area contributed by atoms with E-state index >= 15 is 0 Å². The smallest absolute Gasteiger partial charge is 0.255 e. The first-order chi connectivity index (χ1) is 11.5. The average Bonchev–Trinajstić information content (AvgIpc) is 3.15. The van der Waals surface area contributed by atoms with Crippen LogP contribution in [0, 0.1) is 6.92 Å². The van der Waals surface area contributed by atoms with Crippen LogP contribution < -0.4 is 10.5 Å². The van der Waals surface area contributed by atoms with Crippen LogP contribution in [0.4, 0.5) is 0 Å². The first-order valence-electron chi connectivity index (χ1n) is 7.04. The molecule has 0 spiro atoms.